The summed E-state index contributed by atoms with van der Waals surface area (Å²) >= 11 is 0. The van der Waals surface area contributed by atoms with Crippen LogP contribution in [0.5, 0.6) is 5.75 Å². The summed E-state index contributed by atoms with van der Waals surface area (Å²) in [4.78, 5) is 26.2. The van der Waals surface area contributed by atoms with Gasteiger partial charge in [0, 0.05) is 6.42 Å². The Morgan fingerprint density at radius 3 is 2.76 bits per heavy atom. The van der Waals surface area contributed by atoms with E-state index in [1.165, 1.54) is 0 Å². The molecule has 1 N–H and O–H groups in total. The maximum atomic E-state index is 12.5. The average Bonchev–Trinajstić information content (AvgIpc) is 2.83. The first kappa shape index (κ1) is 13.9. The predicted octanol–water partition coefficient (Wildman–Crippen LogP) is 1.12. The third kappa shape index (κ3) is 2.37. The Labute approximate surface area is 124 Å². The summed E-state index contributed by atoms with van der Waals surface area (Å²) < 4.78 is 5.88. The van der Waals surface area contributed by atoms with Gasteiger partial charge in [0.05, 0.1) is 6.54 Å². The van der Waals surface area contributed by atoms with Crippen LogP contribution in [-0.4, -0.2) is 40.9 Å². The monoisotopic (exact) mass is 288 g/mol. The average molecular weight is 288 g/mol. The van der Waals surface area contributed by atoms with E-state index in [1.54, 1.807) is 25.7 Å². The van der Waals surface area contributed by atoms with Crippen molar-refractivity contribution in [2.24, 2.45) is 0 Å². The molecule has 5 nitrogen and oxygen atoms in total. The highest BCUT2D eigenvalue weighted by atomic mass is 16.5. The van der Waals surface area contributed by atoms with E-state index in [0.717, 1.165) is 17.7 Å². The molecule has 1 saturated heterocycles. The molecule has 2 atom stereocenters. The highest BCUT2D eigenvalue weighted by Crippen LogP contribution is 2.29. The zero-order chi connectivity index (χ0) is 15.2. The van der Waals surface area contributed by atoms with Gasteiger partial charge in [-0.3, -0.25) is 9.59 Å². The second-order valence-electron chi connectivity index (χ2n) is 6.30. The molecule has 1 aromatic carbocycles. The molecule has 2 unspecified atom stereocenters. The number of benzene rings is 1. The van der Waals surface area contributed by atoms with Crippen molar-refractivity contribution in [3.8, 4) is 5.75 Å². The van der Waals surface area contributed by atoms with Gasteiger partial charge in [0.25, 0.3) is 0 Å². The standard InChI is InChI=1S/C16H20N2O3/c1-10-14(19)17-16(2,3)15(20)18(10)9-12-8-11-6-4-5-7-13(11)21-12/h4-7,10,12H,8-9H2,1-3H3,(H,17,19). The topological polar surface area (TPSA) is 58.6 Å². The summed E-state index contributed by atoms with van der Waals surface area (Å²) in [5, 5.41) is 2.76. The van der Waals surface area contributed by atoms with Gasteiger partial charge in [0.15, 0.2) is 0 Å². The van der Waals surface area contributed by atoms with Crippen LogP contribution in [0.3, 0.4) is 0 Å². The van der Waals surface area contributed by atoms with E-state index in [2.05, 4.69) is 5.32 Å². The first-order valence-electron chi connectivity index (χ1n) is 7.26. The van der Waals surface area contributed by atoms with Crippen LogP contribution in [0.15, 0.2) is 24.3 Å². The molecule has 1 fully saturated rings. The third-order valence-electron chi connectivity index (χ3n) is 4.19. The smallest absolute Gasteiger partial charge is 0.248 e. The van der Waals surface area contributed by atoms with Gasteiger partial charge in [-0.05, 0) is 32.4 Å². The SMILES string of the molecule is CC1C(=O)NC(C)(C)C(=O)N1CC1Cc2ccccc2O1. The van der Waals surface area contributed by atoms with Gasteiger partial charge in [0.1, 0.15) is 23.4 Å². The highest BCUT2D eigenvalue weighted by Gasteiger charge is 2.44. The molecule has 0 aromatic heterocycles. The van der Waals surface area contributed by atoms with E-state index < -0.39 is 11.6 Å². The lowest BCUT2D eigenvalue weighted by Gasteiger charge is -2.42. The maximum absolute atomic E-state index is 12.5. The van der Waals surface area contributed by atoms with Crippen molar-refractivity contribution in [2.45, 2.75) is 44.9 Å². The third-order valence-corrected chi connectivity index (χ3v) is 4.19. The number of ether oxygens (including phenoxy) is 1. The van der Waals surface area contributed by atoms with Crippen LogP contribution in [0.25, 0.3) is 0 Å². The number of carbonyl (C=O) groups excluding carboxylic acids is 2. The lowest BCUT2D eigenvalue weighted by atomic mass is 9.96. The highest BCUT2D eigenvalue weighted by molar-refractivity contribution is 5.99. The molecule has 112 valence electrons. The van der Waals surface area contributed by atoms with Gasteiger partial charge in [-0.1, -0.05) is 18.2 Å². The fourth-order valence-electron chi connectivity index (χ4n) is 2.96. The van der Waals surface area contributed by atoms with Crippen LogP contribution in [0.1, 0.15) is 26.3 Å². The molecule has 2 aliphatic heterocycles. The second kappa shape index (κ2) is 4.76. The minimum absolute atomic E-state index is 0.0610. The Morgan fingerprint density at radius 1 is 1.33 bits per heavy atom. The van der Waals surface area contributed by atoms with Crippen LogP contribution in [0.2, 0.25) is 0 Å². The van der Waals surface area contributed by atoms with Crippen molar-refractivity contribution in [1.29, 1.82) is 0 Å². The van der Waals surface area contributed by atoms with Crippen LogP contribution in [0, 0.1) is 0 Å². The molecule has 0 aliphatic carbocycles. The predicted molar refractivity (Wildman–Crippen MR) is 78.0 cm³/mol. The van der Waals surface area contributed by atoms with Crippen LogP contribution >= 0.6 is 0 Å². The van der Waals surface area contributed by atoms with E-state index in [0.29, 0.717) is 6.54 Å². The van der Waals surface area contributed by atoms with E-state index >= 15 is 0 Å². The van der Waals surface area contributed by atoms with Crippen LogP contribution in [0.4, 0.5) is 0 Å². The Balaban J connectivity index is 1.75. The molecule has 2 heterocycles. The fourth-order valence-corrected chi connectivity index (χ4v) is 2.96. The van der Waals surface area contributed by atoms with Gasteiger partial charge in [-0.15, -0.1) is 0 Å². The molecule has 21 heavy (non-hydrogen) atoms. The molecular weight excluding hydrogens is 268 g/mol. The van der Waals surface area contributed by atoms with Crippen LogP contribution in [-0.2, 0) is 16.0 Å². The second-order valence-corrected chi connectivity index (χ2v) is 6.30. The zero-order valence-corrected chi connectivity index (χ0v) is 12.6. The molecular formula is C16H20N2O3. The van der Waals surface area contributed by atoms with Crippen molar-refractivity contribution in [3.63, 3.8) is 0 Å². The van der Waals surface area contributed by atoms with Crippen LogP contribution < -0.4 is 10.1 Å². The number of para-hydroxylation sites is 1. The molecule has 0 saturated carbocycles. The molecule has 0 radical (unpaired) electrons. The molecule has 2 aliphatic rings. The zero-order valence-electron chi connectivity index (χ0n) is 12.6. The summed E-state index contributed by atoms with van der Waals surface area (Å²) in [6, 6.07) is 7.43. The first-order valence-corrected chi connectivity index (χ1v) is 7.26. The van der Waals surface area contributed by atoms with Crippen molar-refractivity contribution in [3.05, 3.63) is 29.8 Å². The number of hydrogen-bond donors (Lipinski definition) is 1. The number of nitrogens with zero attached hydrogens (tertiary/aromatic N) is 1. The number of nitrogens with one attached hydrogen (secondary N) is 1. The molecule has 2 amide bonds. The quantitative estimate of drug-likeness (QED) is 0.887. The number of piperazine rings is 1. The van der Waals surface area contributed by atoms with E-state index in [4.69, 9.17) is 4.74 Å². The van der Waals surface area contributed by atoms with E-state index in [9.17, 15) is 9.59 Å². The van der Waals surface area contributed by atoms with E-state index in [1.807, 2.05) is 24.3 Å². The van der Waals surface area contributed by atoms with Gasteiger partial charge >= 0.3 is 0 Å². The van der Waals surface area contributed by atoms with Gasteiger partial charge < -0.3 is 15.0 Å². The number of amides is 2. The molecule has 3 rings (SSSR count). The van der Waals surface area contributed by atoms with Gasteiger partial charge in [-0.25, -0.2) is 0 Å². The lowest BCUT2D eigenvalue weighted by Crippen LogP contribution is -2.68. The largest absolute Gasteiger partial charge is 0.488 e. The maximum Gasteiger partial charge on any atom is 0.248 e. The minimum Gasteiger partial charge on any atom is -0.488 e. The summed E-state index contributed by atoms with van der Waals surface area (Å²) in [5.74, 6) is 0.701. The minimum atomic E-state index is -0.852. The van der Waals surface area contributed by atoms with E-state index in [-0.39, 0.29) is 17.9 Å². The number of hydrogen-bond acceptors (Lipinski definition) is 3. The first-order chi connectivity index (χ1) is 9.88. The molecule has 1 aromatic rings. The molecule has 0 bridgehead atoms. The molecule has 0 spiro atoms. The number of rotatable bonds is 2. The Morgan fingerprint density at radius 2 is 2.05 bits per heavy atom. The number of carbonyl (C=O) groups is 2. The Hall–Kier alpha value is -2.04. The number of fused-ring (bicyclic) bond motifs is 1. The van der Waals surface area contributed by atoms with Crippen molar-refractivity contribution in [2.75, 3.05) is 6.54 Å². The fraction of sp³-hybridized carbons (Fsp3) is 0.500. The van der Waals surface area contributed by atoms with Crippen molar-refractivity contribution < 1.29 is 14.3 Å². The Bertz CT molecular complexity index is 572. The van der Waals surface area contributed by atoms with Gasteiger partial charge in [-0.2, -0.15) is 0 Å². The molecule has 5 heteroatoms. The normalized spacial score (nSPS) is 27.1. The Kier molecular flexibility index (Phi) is 3.15. The van der Waals surface area contributed by atoms with Crippen molar-refractivity contribution in [1.82, 2.24) is 10.2 Å². The summed E-state index contributed by atoms with van der Waals surface area (Å²) in [6.07, 6.45) is 0.685. The summed E-state index contributed by atoms with van der Waals surface area (Å²) in [7, 11) is 0. The summed E-state index contributed by atoms with van der Waals surface area (Å²) in [6.45, 7) is 5.66. The van der Waals surface area contributed by atoms with Crippen molar-refractivity contribution >= 4 is 11.8 Å². The lowest BCUT2D eigenvalue weighted by molar-refractivity contribution is -0.153. The van der Waals surface area contributed by atoms with Gasteiger partial charge in [0.2, 0.25) is 11.8 Å². The summed E-state index contributed by atoms with van der Waals surface area (Å²) in [5.41, 5.74) is 0.304.